The van der Waals surface area contributed by atoms with Crippen LogP contribution < -0.4 is 10.0 Å². The SMILES string of the molecule is O=C(Nc1ccccc1)c1cc(S(=O)(=O)Nc2ccc(I)cc2)ccc1Br. The minimum atomic E-state index is -3.83. The van der Waals surface area contributed by atoms with Crippen molar-refractivity contribution in [2.75, 3.05) is 10.0 Å². The number of hydrogen-bond acceptors (Lipinski definition) is 3. The number of amides is 1. The van der Waals surface area contributed by atoms with Gasteiger partial charge in [-0.2, -0.15) is 0 Å². The van der Waals surface area contributed by atoms with E-state index in [0.717, 1.165) is 3.57 Å². The zero-order chi connectivity index (χ0) is 19.4. The molecule has 0 heterocycles. The van der Waals surface area contributed by atoms with Crippen LogP contribution in [0.15, 0.2) is 82.2 Å². The van der Waals surface area contributed by atoms with Crippen molar-refractivity contribution < 1.29 is 13.2 Å². The summed E-state index contributed by atoms with van der Waals surface area (Å²) in [6, 6.07) is 20.3. The first-order valence-corrected chi connectivity index (χ1v) is 11.1. The molecule has 0 saturated heterocycles. The molecule has 3 rings (SSSR count). The molecule has 5 nitrogen and oxygen atoms in total. The maximum absolute atomic E-state index is 12.7. The smallest absolute Gasteiger partial charge is 0.261 e. The molecule has 0 fully saturated rings. The van der Waals surface area contributed by atoms with E-state index in [1.54, 1.807) is 54.6 Å². The van der Waals surface area contributed by atoms with Gasteiger partial charge in [-0.25, -0.2) is 8.42 Å². The second-order valence-electron chi connectivity index (χ2n) is 5.57. The van der Waals surface area contributed by atoms with Gasteiger partial charge in [-0.3, -0.25) is 9.52 Å². The maximum Gasteiger partial charge on any atom is 0.261 e. The molecule has 0 bridgehead atoms. The molecule has 0 aliphatic carbocycles. The van der Waals surface area contributed by atoms with E-state index in [1.807, 2.05) is 6.07 Å². The Hall–Kier alpha value is -1.91. The van der Waals surface area contributed by atoms with Crippen LogP contribution in [-0.4, -0.2) is 14.3 Å². The Bertz CT molecular complexity index is 1070. The zero-order valence-corrected chi connectivity index (χ0v) is 18.4. The van der Waals surface area contributed by atoms with Gasteiger partial charge in [0.05, 0.1) is 10.5 Å². The van der Waals surface area contributed by atoms with Gasteiger partial charge in [0.1, 0.15) is 0 Å². The molecule has 0 aromatic heterocycles. The van der Waals surface area contributed by atoms with Crippen LogP contribution in [-0.2, 0) is 10.0 Å². The summed E-state index contributed by atoms with van der Waals surface area (Å²) in [5, 5.41) is 2.75. The second kappa shape index (κ2) is 8.41. The van der Waals surface area contributed by atoms with Gasteiger partial charge in [-0.15, -0.1) is 0 Å². The van der Waals surface area contributed by atoms with Crippen molar-refractivity contribution >= 4 is 65.8 Å². The summed E-state index contributed by atoms with van der Waals surface area (Å²) < 4.78 is 29.4. The van der Waals surface area contributed by atoms with Crippen molar-refractivity contribution in [1.29, 1.82) is 0 Å². The van der Waals surface area contributed by atoms with Crippen molar-refractivity contribution in [2.24, 2.45) is 0 Å². The molecule has 3 aromatic rings. The minimum absolute atomic E-state index is 0.00228. The second-order valence-corrected chi connectivity index (χ2v) is 9.36. The quantitative estimate of drug-likeness (QED) is 0.429. The molecular weight excluding hydrogens is 543 g/mol. The fourth-order valence-corrected chi connectivity index (χ4v) is 4.17. The van der Waals surface area contributed by atoms with Crippen molar-refractivity contribution in [1.82, 2.24) is 0 Å². The summed E-state index contributed by atoms with van der Waals surface area (Å²) in [4.78, 5) is 12.6. The van der Waals surface area contributed by atoms with Gasteiger partial charge in [0.25, 0.3) is 15.9 Å². The van der Waals surface area contributed by atoms with Crippen LogP contribution in [0, 0.1) is 3.57 Å². The Kier molecular flexibility index (Phi) is 6.18. The molecule has 138 valence electrons. The molecule has 0 atom stereocenters. The molecule has 0 saturated carbocycles. The lowest BCUT2D eigenvalue weighted by Gasteiger charge is -2.11. The summed E-state index contributed by atoms with van der Waals surface area (Å²) in [5.41, 5.74) is 1.30. The number of nitrogens with one attached hydrogen (secondary N) is 2. The molecule has 0 unspecified atom stereocenters. The molecule has 3 aromatic carbocycles. The summed E-state index contributed by atoms with van der Waals surface area (Å²) >= 11 is 5.45. The predicted octanol–water partition coefficient (Wildman–Crippen LogP) is 5.11. The third-order valence-electron chi connectivity index (χ3n) is 3.62. The highest BCUT2D eigenvalue weighted by Gasteiger charge is 2.19. The van der Waals surface area contributed by atoms with Gasteiger partial charge in [0.2, 0.25) is 0 Å². The van der Waals surface area contributed by atoms with E-state index < -0.39 is 15.9 Å². The topological polar surface area (TPSA) is 75.3 Å². The number of hydrogen-bond donors (Lipinski definition) is 2. The van der Waals surface area contributed by atoms with E-state index in [-0.39, 0.29) is 10.5 Å². The summed E-state index contributed by atoms with van der Waals surface area (Å²) in [5.74, 6) is -0.403. The number of benzene rings is 3. The van der Waals surface area contributed by atoms with E-state index in [2.05, 4.69) is 48.6 Å². The van der Waals surface area contributed by atoms with Crippen molar-refractivity contribution in [3.63, 3.8) is 0 Å². The minimum Gasteiger partial charge on any atom is -0.322 e. The number of rotatable bonds is 5. The molecule has 0 aliphatic heterocycles. The Balaban J connectivity index is 1.87. The lowest BCUT2D eigenvalue weighted by Crippen LogP contribution is -2.16. The number of carbonyl (C=O) groups excluding carboxylic acids is 1. The number of carbonyl (C=O) groups is 1. The summed E-state index contributed by atoms with van der Waals surface area (Å²) in [7, 11) is -3.83. The number of para-hydroxylation sites is 1. The van der Waals surface area contributed by atoms with Crippen molar-refractivity contribution in [3.8, 4) is 0 Å². The molecule has 0 radical (unpaired) electrons. The first-order chi connectivity index (χ1) is 12.8. The first-order valence-electron chi connectivity index (χ1n) is 7.79. The Morgan fingerprint density at radius 1 is 0.889 bits per heavy atom. The summed E-state index contributed by atoms with van der Waals surface area (Å²) in [6.45, 7) is 0. The fraction of sp³-hybridized carbons (Fsp3) is 0. The third kappa shape index (κ3) is 5.08. The van der Waals surface area contributed by atoms with Crippen LogP contribution in [0.3, 0.4) is 0 Å². The largest absolute Gasteiger partial charge is 0.322 e. The van der Waals surface area contributed by atoms with E-state index in [4.69, 9.17) is 0 Å². The lowest BCUT2D eigenvalue weighted by molar-refractivity contribution is 0.102. The van der Waals surface area contributed by atoms with Crippen LogP contribution >= 0.6 is 38.5 Å². The Morgan fingerprint density at radius 2 is 1.56 bits per heavy atom. The van der Waals surface area contributed by atoms with E-state index >= 15 is 0 Å². The Labute approximate surface area is 179 Å². The van der Waals surface area contributed by atoms with Crippen LogP contribution in [0.25, 0.3) is 0 Å². The van der Waals surface area contributed by atoms with Gasteiger partial charge in [0.15, 0.2) is 0 Å². The fourth-order valence-electron chi connectivity index (χ4n) is 2.30. The van der Waals surface area contributed by atoms with E-state index in [0.29, 0.717) is 15.8 Å². The first kappa shape index (κ1) is 19.8. The van der Waals surface area contributed by atoms with Gasteiger partial charge in [-0.1, -0.05) is 18.2 Å². The van der Waals surface area contributed by atoms with E-state index in [9.17, 15) is 13.2 Å². The lowest BCUT2D eigenvalue weighted by atomic mass is 10.2. The molecule has 27 heavy (non-hydrogen) atoms. The summed E-state index contributed by atoms with van der Waals surface area (Å²) in [6.07, 6.45) is 0. The number of halogens is 2. The highest BCUT2D eigenvalue weighted by atomic mass is 127. The Morgan fingerprint density at radius 3 is 2.22 bits per heavy atom. The molecule has 8 heteroatoms. The highest BCUT2D eigenvalue weighted by Crippen LogP contribution is 2.24. The van der Waals surface area contributed by atoms with Gasteiger partial charge < -0.3 is 5.32 Å². The van der Waals surface area contributed by atoms with Crippen LogP contribution in [0.2, 0.25) is 0 Å². The van der Waals surface area contributed by atoms with Gasteiger partial charge in [-0.05, 0) is 93.1 Å². The molecular formula is C19H14BrIN2O3S. The van der Waals surface area contributed by atoms with Crippen LogP contribution in [0.5, 0.6) is 0 Å². The van der Waals surface area contributed by atoms with Gasteiger partial charge >= 0.3 is 0 Å². The third-order valence-corrected chi connectivity index (χ3v) is 6.41. The molecule has 1 amide bonds. The molecule has 2 N–H and O–H groups in total. The normalized spacial score (nSPS) is 11.0. The number of sulfonamides is 1. The van der Waals surface area contributed by atoms with Gasteiger partial charge in [0, 0.05) is 19.4 Å². The maximum atomic E-state index is 12.7. The zero-order valence-electron chi connectivity index (χ0n) is 13.8. The van der Waals surface area contributed by atoms with Crippen molar-refractivity contribution in [2.45, 2.75) is 4.90 Å². The van der Waals surface area contributed by atoms with E-state index in [1.165, 1.54) is 12.1 Å². The average molecular weight is 557 g/mol. The predicted molar refractivity (Wildman–Crippen MR) is 119 cm³/mol. The number of anilines is 2. The highest BCUT2D eigenvalue weighted by molar-refractivity contribution is 14.1. The molecule has 0 spiro atoms. The average Bonchev–Trinajstić information content (AvgIpc) is 2.64. The van der Waals surface area contributed by atoms with Crippen LogP contribution in [0.4, 0.5) is 11.4 Å². The standard InChI is InChI=1S/C19H14BrIN2O3S/c20-18-11-10-16(27(25,26)23-15-8-6-13(21)7-9-15)12-17(18)19(24)22-14-4-2-1-3-5-14/h1-12,23H,(H,22,24). The van der Waals surface area contributed by atoms with Crippen LogP contribution in [0.1, 0.15) is 10.4 Å². The monoisotopic (exact) mass is 556 g/mol. The molecule has 0 aliphatic rings. The van der Waals surface area contributed by atoms with Crippen molar-refractivity contribution in [3.05, 3.63) is 86.4 Å².